The lowest BCUT2D eigenvalue weighted by Crippen LogP contribution is -2.29. The van der Waals surface area contributed by atoms with Crippen LogP contribution >= 0.6 is 0 Å². The van der Waals surface area contributed by atoms with Gasteiger partial charge in [-0.25, -0.2) is 14.4 Å². The zero-order chi connectivity index (χ0) is 15.4. The van der Waals surface area contributed by atoms with E-state index in [9.17, 15) is 9.18 Å². The average Bonchev–Trinajstić information content (AvgIpc) is 2.58. The molecule has 1 aliphatic heterocycles. The maximum absolute atomic E-state index is 12.8. The molecule has 0 radical (unpaired) electrons. The molecule has 1 fully saturated rings. The van der Waals surface area contributed by atoms with Gasteiger partial charge in [-0.15, -0.1) is 0 Å². The molecule has 1 saturated heterocycles. The summed E-state index contributed by atoms with van der Waals surface area (Å²) in [5.41, 5.74) is 1.10. The molecule has 0 aromatic carbocycles. The Bertz CT molecular complexity index is 638. The first-order chi connectivity index (χ1) is 10.7. The van der Waals surface area contributed by atoms with Crippen molar-refractivity contribution in [2.45, 2.75) is 18.8 Å². The van der Waals surface area contributed by atoms with Crippen LogP contribution in [0.5, 0.6) is 0 Å². The lowest BCUT2D eigenvalue weighted by atomic mass is 9.96. The molecule has 2 N–H and O–H groups in total. The summed E-state index contributed by atoms with van der Waals surface area (Å²) < 4.78 is 12.8. The average molecular weight is 301 g/mol. The fraction of sp³-hybridized carbons (Fsp3) is 0.333. The van der Waals surface area contributed by atoms with Crippen molar-refractivity contribution in [2.24, 2.45) is 0 Å². The molecule has 3 heterocycles. The molecule has 0 saturated carbocycles. The highest BCUT2D eigenvalue weighted by Gasteiger charge is 2.17. The molecule has 6 nitrogen and oxygen atoms in total. The van der Waals surface area contributed by atoms with E-state index in [-0.39, 0.29) is 11.5 Å². The van der Waals surface area contributed by atoms with Gasteiger partial charge in [0.15, 0.2) is 0 Å². The van der Waals surface area contributed by atoms with Gasteiger partial charge in [-0.2, -0.15) is 0 Å². The molecule has 1 atom stereocenters. The Morgan fingerprint density at radius 1 is 1.23 bits per heavy atom. The van der Waals surface area contributed by atoms with Gasteiger partial charge in [0.05, 0.1) is 18.1 Å². The summed E-state index contributed by atoms with van der Waals surface area (Å²) in [7, 11) is 0. The first kappa shape index (κ1) is 14.5. The number of halogens is 1. The van der Waals surface area contributed by atoms with Gasteiger partial charge in [0, 0.05) is 18.7 Å². The van der Waals surface area contributed by atoms with E-state index >= 15 is 0 Å². The molecule has 114 valence electrons. The second-order valence-corrected chi connectivity index (χ2v) is 5.19. The van der Waals surface area contributed by atoms with E-state index in [1.54, 1.807) is 6.20 Å². The summed E-state index contributed by atoms with van der Waals surface area (Å²) in [5, 5.41) is 5.87. The lowest BCUT2D eigenvalue weighted by Gasteiger charge is -2.21. The summed E-state index contributed by atoms with van der Waals surface area (Å²) in [6.07, 6.45) is 6.34. The van der Waals surface area contributed by atoms with Gasteiger partial charge in [-0.3, -0.25) is 9.78 Å². The number of pyridine rings is 1. The number of anilines is 1. The summed E-state index contributed by atoms with van der Waals surface area (Å²) in [5.74, 6) is -0.256. The number of hydrogen-bond acceptors (Lipinski definition) is 5. The number of carbonyl (C=O) groups excluding carboxylic acids is 1. The number of rotatable bonds is 3. The van der Waals surface area contributed by atoms with Crippen LogP contribution in [-0.2, 0) is 0 Å². The number of aromatic nitrogens is 3. The van der Waals surface area contributed by atoms with Crippen molar-refractivity contribution in [3.05, 3.63) is 47.9 Å². The molecule has 1 aliphatic rings. The minimum absolute atomic E-state index is 0.207. The largest absolute Gasteiger partial charge is 0.316 e. The fourth-order valence-electron chi connectivity index (χ4n) is 2.40. The predicted molar refractivity (Wildman–Crippen MR) is 79.0 cm³/mol. The van der Waals surface area contributed by atoms with E-state index in [1.165, 1.54) is 18.3 Å². The van der Waals surface area contributed by atoms with Crippen LogP contribution in [0.4, 0.5) is 10.2 Å². The highest BCUT2D eigenvalue weighted by atomic mass is 19.1. The van der Waals surface area contributed by atoms with Crippen LogP contribution in [0.1, 0.15) is 34.9 Å². The lowest BCUT2D eigenvalue weighted by molar-refractivity contribution is 0.102. The molecular formula is C15H16FN5O. The van der Waals surface area contributed by atoms with Crippen LogP contribution in [-0.4, -0.2) is 33.9 Å². The smallest absolute Gasteiger partial charge is 0.277 e. The SMILES string of the molecule is O=C(Nc1ccc(F)cn1)c1cnc([C@H]2CCCNC2)cn1. The third-order valence-corrected chi connectivity index (χ3v) is 3.59. The molecule has 3 rings (SSSR count). The van der Waals surface area contributed by atoms with Crippen LogP contribution in [0.25, 0.3) is 0 Å². The zero-order valence-electron chi connectivity index (χ0n) is 11.9. The minimum Gasteiger partial charge on any atom is -0.316 e. The Balaban J connectivity index is 1.66. The van der Waals surface area contributed by atoms with E-state index in [0.29, 0.717) is 5.92 Å². The molecule has 2 aromatic rings. The van der Waals surface area contributed by atoms with Crippen LogP contribution in [0.3, 0.4) is 0 Å². The molecule has 0 aliphatic carbocycles. The summed E-state index contributed by atoms with van der Waals surface area (Å²) in [6.45, 7) is 1.93. The Hall–Kier alpha value is -2.41. The topological polar surface area (TPSA) is 79.8 Å². The first-order valence-corrected chi connectivity index (χ1v) is 7.18. The van der Waals surface area contributed by atoms with Crippen molar-refractivity contribution in [1.29, 1.82) is 0 Å². The molecule has 0 bridgehead atoms. The normalized spacial score (nSPS) is 18.0. The number of nitrogens with one attached hydrogen (secondary N) is 2. The van der Waals surface area contributed by atoms with Crippen LogP contribution < -0.4 is 10.6 Å². The van der Waals surface area contributed by atoms with E-state index in [2.05, 4.69) is 25.6 Å². The number of nitrogens with zero attached hydrogens (tertiary/aromatic N) is 3. The van der Waals surface area contributed by atoms with Crippen LogP contribution in [0, 0.1) is 5.82 Å². The third kappa shape index (κ3) is 3.43. The van der Waals surface area contributed by atoms with Crippen LogP contribution in [0.2, 0.25) is 0 Å². The van der Waals surface area contributed by atoms with E-state index in [4.69, 9.17) is 0 Å². The van der Waals surface area contributed by atoms with Crippen molar-refractivity contribution < 1.29 is 9.18 Å². The van der Waals surface area contributed by atoms with E-state index in [0.717, 1.165) is 37.8 Å². The Kier molecular flexibility index (Phi) is 4.34. The van der Waals surface area contributed by atoms with E-state index in [1.807, 2.05) is 0 Å². The first-order valence-electron chi connectivity index (χ1n) is 7.18. The van der Waals surface area contributed by atoms with Crippen molar-refractivity contribution in [3.8, 4) is 0 Å². The van der Waals surface area contributed by atoms with Crippen LogP contribution in [0.15, 0.2) is 30.7 Å². The second-order valence-electron chi connectivity index (χ2n) is 5.19. The quantitative estimate of drug-likeness (QED) is 0.902. The van der Waals surface area contributed by atoms with Gasteiger partial charge >= 0.3 is 0 Å². The third-order valence-electron chi connectivity index (χ3n) is 3.59. The summed E-state index contributed by atoms with van der Waals surface area (Å²) in [6, 6.07) is 2.62. The number of hydrogen-bond donors (Lipinski definition) is 2. The maximum Gasteiger partial charge on any atom is 0.277 e. The van der Waals surface area contributed by atoms with Crippen molar-refractivity contribution >= 4 is 11.7 Å². The van der Waals surface area contributed by atoms with Gasteiger partial charge in [-0.05, 0) is 31.5 Å². The van der Waals surface area contributed by atoms with Crippen molar-refractivity contribution in [2.75, 3.05) is 18.4 Å². The molecule has 1 amide bonds. The number of amides is 1. The molecule has 0 spiro atoms. The maximum atomic E-state index is 12.8. The van der Waals surface area contributed by atoms with Gasteiger partial charge in [0.1, 0.15) is 17.3 Å². The van der Waals surface area contributed by atoms with Gasteiger partial charge < -0.3 is 10.6 Å². The molecule has 0 unspecified atom stereocenters. The Labute approximate surface area is 127 Å². The summed E-state index contributed by atoms with van der Waals surface area (Å²) in [4.78, 5) is 24.3. The number of piperidine rings is 1. The molecule has 7 heteroatoms. The molecular weight excluding hydrogens is 285 g/mol. The van der Waals surface area contributed by atoms with Crippen molar-refractivity contribution in [1.82, 2.24) is 20.3 Å². The zero-order valence-corrected chi connectivity index (χ0v) is 11.9. The van der Waals surface area contributed by atoms with E-state index < -0.39 is 11.7 Å². The minimum atomic E-state index is -0.455. The Morgan fingerprint density at radius 2 is 2.14 bits per heavy atom. The predicted octanol–water partition coefficient (Wildman–Crippen LogP) is 1.73. The summed E-state index contributed by atoms with van der Waals surface area (Å²) >= 11 is 0. The molecule has 2 aromatic heterocycles. The van der Waals surface area contributed by atoms with Gasteiger partial charge in [0.2, 0.25) is 0 Å². The highest BCUT2D eigenvalue weighted by Crippen LogP contribution is 2.20. The Morgan fingerprint density at radius 3 is 2.77 bits per heavy atom. The van der Waals surface area contributed by atoms with Crippen molar-refractivity contribution in [3.63, 3.8) is 0 Å². The highest BCUT2D eigenvalue weighted by molar-refractivity contribution is 6.02. The fourth-order valence-corrected chi connectivity index (χ4v) is 2.40. The molecule has 22 heavy (non-hydrogen) atoms. The van der Waals surface area contributed by atoms with Gasteiger partial charge in [-0.1, -0.05) is 0 Å². The monoisotopic (exact) mass is 301 g/mol. The standard InChI is InChI=1S/C15H16FN5O/c16-11-3-4-14(20-7-11)21-15(22)13-9-18-12(8-19-13)10-2-1-5-17-6-10/h3-4,7-10,17H,1-2,5-6H2,(H,20,21,22)/t10-/m0/s1. The number of carbonyl (C=O) groups is 1. The van der Waals surface area contributed by atoms with Gasteiger partial charge in [0.25, 0.3) is 5.91 Å². The second kappa shape index (κ2) is 6.57.